The number of carboxylic acids is 2. The Balaban J connectivity index is 2.72. The van der Waals surface area contributed by atoms with E-state index in [2.05, 4.69) is 5.32 Å². The number of ether oxygens (including phenoxy) is 2. The van der Waals surface area contributed by atoms with Gasteiger partial charge in [0, 0.05) is 6.07 Å². The number of carboxylic acid groups (broad SMARTS) is 2. The van der Waals surface area contributed by atoms with Gasteiger partial charge < -0.3 is 29.4 Å². The molecular formula is C17H15NO9. The van der Waals surface area contributed by atoms with Gasteiger partial charge in [-0.1, -0.05) is 0 Å². The molecule has 0 aliphatic rings. The highest BCUT2D eigenvalue weighted by atomic mass is 16.5. The summed E-state index contributed by atoms with van der Waals surface area (Å²) in [5.41, 5.74) is -1.55. The number of carbonyl (C=O) groups is 3. The quantitative estimate of drug-likeness (QED) is 0.477. The topological polar surface area (TPSA) is 152 Å². The molecule has 0 spiro atoms. The van der Waals surface area contributed by atoms with E-state index in [-0.39, 0.29) is 29.0 Å². The van der Waals surface area contributed by atoms with Gasteiger partial charge in [0.05, 0.1) is 25.5 Å². The Morgan fingerprint density at radius 1 is 1.26 bits per heavy atom. The zero-order valence-electron chi connectivity index (χ0n) is 14.3. The maximum atomic E-state index is 12.4. The smallest absolute Gasteiger partial charge is 0.374 e. The fourth-order valence-electron chi connectivity index (χ4n) is 2.23. The normalized spacial score (nSPS) is 11.1. The summed E-state index contributed by atoms with van der Waals surface area (Å²) < 4.78 is 15.3. The highest BCUT2D eigenvalue weighted by molar-refractivity contribution is 6.01. The Morgan fingerprint density at radius 3 is 2.52 bits per heavy atom. The van der Waals surface area contributed by atoms with Crippen LogP contribution in [-0.4, -0.2) is 41.8 Å². The summed E-state index contributed by atoms with van der Waals surface area (Å²) in [5, 5.41) is 20.2. The molecule has 2 aromatic rings. The van der Waals surface area contributed by atoms with Crippen molar-refractivity contribution < 1.29 is 38.5 Å². The van der Waals surface area contributed by atoms with E-state index >= 15 is 0 Å². The molecule has 27 heavy (non-hydrogen) atoms. The third kappa shape index (κ3) is 4.24. The average Bonchev–Trinajstić information content (AvgIpc) is 2.61. The second-order valence-electron chi connectivity index (χ2n) is 5.04. The summed E-state index contributed by atoms with van der Waals surface area (Å²) in [6.45, 7) is 1.62. The minimum atomic E-state index is -1.55. The lowest BCUT2D eigenvalue weighted by molar-refractivity contribution is -0.134. The summed E-state index contributed by atoms with van der Waals surface area (Å²) in [5.74, 6) is -4.20. The van der Waals surface area contributed by atoms with Gasteiger partial charge >= 0.3 is 17.9 Å². The van der Waals surface area contributed by atoms with Crippen molar-refractivity contribution in [2.24, 2.45) is 0 Å². The van der Waals surface area contributed by atoms with Crippen LogP contribution in [0.3, 0.4) is 0 Å². The number of fused-ring (bicyclic) bond motifs is 1. The number of nitrogens with one attached hydrogen (secondary N) is 1. The number of hydrogen-bond donors (Lipinski definition) is 3. The fraction of sp³-hybridized carbons (Fsp3) is 0.176. The van der Waals surface area contributed by atoms with Crippen molar-refractivity contribution in [1.29, 1.82) is 0 Å². The van der Waals surface area contributed by atoms with Crippen LogP contribution < -0.4 is 15.5 Å². The zero-order valence-corrected chi connectivity index (χ0v) is 14.3. The Bertz CT molecular complexity index is 1000. The lowest BCUT2D eigenvalue weighted by Gasteiger charge is -2.12. The van der Waals surface area contributed by atoms with Crippen LogP contribution >= 0.6 is 0 Å². The molecule has 0 amide bonds. The summed E-state index contributed by atoms with van der Waals surface area (Å²) in [6, 6.07) is 3.61. The number of benzene rings is 1. The van der Waals surface area contributed by atoms with Gasteiger partial charge in [-0.05, 0) is 19.1 Å². The molecule has 1 aromatic carbocycles. The van der Waals surface area contributed by atoms with Gasteiger partial charge in [-0.25, -0.2) is 14.4 Å². The number of methoxy groups -OCH3 is 1. The van der Waals surface area contributed by atoms with Gasteiger partial charge in [0.15, 0.2) is 11.0 Å². The van der Waals surface area contributed by atoms with Gasteiger partial charge in [-0.3, -0.25) is 4.79 Å². The van der Waals surface area contributed by atoms with E-state index in [1.165, 1.54) is 19.2 Å². The first kappa shape index (κ1) is 19.5. The number of aliphatic carboxylic acids is 2. The van der Waals surface area contributed by atoms with Crippen LogP contribution in [0.2, 0.25) is 0 Å². The van der Waals surface area contributed by atoms with Crippen molar-refractivity contribution in [1.82, 2.24) is 0 Å². The Kier molecular flexibility index (Phi) is 5.81. The van der Waals surface area contributed by atoms with E-state index < -0.39 is 34.8 Å². The first-order valence-electron chi connectivity index (χ1n) is 7.55. The van der Waals surface area contributed by atoms with Crippen molar-refractivity contribution in [3.8, 4) is 5.75 Å². The molecule has 2 rings (SSSR count). The molecule has 3 N–H and O–H groups in total. The molecule has 0 aliphatic carbocycles. The molecular weight excluding hydrogens is 362 g/mol. The highest BCUT2D eigenvalue weighted by Gasteiger charge is 2.20. The average molecular weight is 377 g/mol. The summed E-state index contributed by atoms with van der Waals surface area (Å²) in [7, 11) is 1.31. The minimum absolute atomic E-state index is 0.0499. The van der Waals surface area contributed by atoms with Crippen LogP contribution in [-0.2, 0) is 14.3 Å². The van der Waals surface area contributed by atoms with Gasteiger partial charge in [0.2, 0.25) is 5.76 Å². The highest BCUT2D eigenvalue weighted by Crippen LogP contribution is 2.31. The van der Waals surface area contributed by atoms with E-state index in [1.807, 2.05) is 0 Å². The molecule has 142 valence electrons. The molecule has 0 atom stereocenters. The summed E-state index contributed by atoms with van der Waals surface area (Å²) in [4.78, 5) is 46.4. The lowest BCUT2D eigenvalue weighted by Crippen LogP contribution is -2.15. The molecule has 0 saturated heterocycles. The standard InChI is InChI=1S/C17H15NO9/c1-3-26-17(24)12-7-10(19)14-11(25-2)5-4-8(15(14)27-12)18-9(16(22)23)6-13(20)21/h4-7,18H,3H2,1-2H3,(H,20,21)(H,22,23)/b9-6-. The molecule has 0 fully saturated rings. The van der Waals surface area contributed by atoms with Crippen LogP contribution in [0, 0.1) is 0 Å². The monoisotopic (exact) mass is 377 g/mol. The first-order valence-corrected chi connectivity index (χ1v) is 7.55. The van der Waals surface area contributed by atoms with Crippen LogP contribution in [0.4, 0.5) is 5.69 Å². The molecule has 0 unspecified atom stereocenters. The maximum Gasteiger partial charge on any atom is 0.374 e. The van der Waals surface area contributed by atoms with Gasteiger partial charge in [-0.15, -0.1) is 0 Å². The van der Waals surface area contributed by atoms with Crippen LogP contribution in [0.25, 0.3) is 11.0 Å². The third-order valence-corrected chi connectivity index (χ3v) is 3.30. The minimum Gasteiger partial charge on any atom is -0.496 e. The van der Waals surface area contributed by atoms with Crippen LogP contribution in [0.1, 0.15) is 17.5 Å². The number of hydrogen-bond acceptors (Lipinski definition) is 8. The number of carbonyl (C=O) groups excluding carboxylic acids is 1. The molecule has 10 heteroatoms. The molecule has 1 aromatic heterocycles. The Morgan fingerprint density at radius 2 is 1.96 bits per heavy atom. The number of anilines is 1. The third-order valence-electron chi connectivity index (χ3n) is 3.30. The molecule has 0 radical (unpaired) electrons. The summed E-state index contributed by atoms with van der Waals surface area (Å²) >= 11 is 0. The van der Waals surface area contributed by atoms with Gasteiger partial charge in [0.1, 0.15) is 16.8 Å². The molecule has 10 nitrogen and oxygen atoms in total. The molecule has 0 aliphatic heterocycles. The zero-order chi connectivity index (χ0) is 20.1. The largest absolute Gasteiger partial charge is 0.496 e. The molecule has 0 saturated carbocycles. The first-order chi connectivity index (χ1) is 12.8. The van der Waals surface area contributed by atoms with Crippen molar-refractivity contribution >= 4 is 34.6 Å². The van der Waals surface area contributed by atoms with E-state index in [9.17, 15) is 19.2 Å². The second-order valence-corrected chi connectivity index (χ2v) is 5.04. The number of rotatable bonds is 7. The SMILES string of the molecule is CCOC(=O)c1cc(=O)c2c(OC)ccc(N/C(=C\C(=O)O)C(=O)O)c2o1. The van der Waals surface area contributed by atoms with Crippen molar-refractivity contribution in [3.05, 3.63) is 46.0 Å². The van der Waals surface area contributed by atoms with Crippen LogP contribution in [0.5, 0.6) is 5.75 Å². The van der Waals surface area contributed by atoms with Gasteiger partial charge in [0.25, 0.3) is 0 Å². The molecule has 1 heterocycles. The fourth-order valence-corrected chi connectivity index (χ4v) is 2.23. The van der Waals surface area contributed by atoms with Crippen molar-refractivity contribution in [2.75, 3.05) is 19.0 Å². The van der Waals surface area contributed by atoms with E-state index in [0.717, 1.165) is 6.07 Å². The van der Waals surface area contributed by atoms with E-state index in [1.54, 1.807) is 6.92 Å². The second kappa shape index (κ2) is 8.04. The van der Waals surface area contributed by atoms with Crippen molar-refractivity contribution in [3.63, 3.8) is 0 Å². The molecule has 0 bridgehead atoms. The number of esters is 1. The summed E-state index contributed by atoms with van der Waals surface area (Å²) in [6.07, 6.45) is 0.436. The van der Waals surface area contributed by atoms with Crippen LogP contribution in [0.15, 0.2) is 39.2 Å². The Hall–Kier alpha value is -3.82. The van der Waals surface area contributed by atoms with E-state index in [4.69, 9.17) is 24.1 Å². The Labute approximate surface area is 151 Å². The van der Waals surface area contributed by atoms with Gasteiger partial charge in [-0.2, -0.15) is 0 Å². The maximum absolute atomic E-state index is 12.4. The predicted octanol–water partition coefficient (Wildman–Crippen LogP) is 1.44. The van der Waals surface area contributed by atoms with E-state index in [0.29, 0.717) is 6.08 Å². The van der Waals surface area contributed by atoms with Crippen molar-refractivity contribution in [2.45, 2.75) is 6.92 Å². The lowest BCUT2D eigenvalue weighted by atomic mass is 10.1. The predicted molar refractivity (Wildman–Crippen MR) is 92.0 cm³/mol.